The van der Waals surface area contributed by atoms with Crippen molar-refractivity contribution in [3.05, 3.63) is 36.0 Å². The first kappa shape index (κ1) is 18.2. The molecule has 0 heterocycles. The van der Waals surface area contributed by atoms with Crippen molar-refractivity contribution in [2.24, 2.45) is 5.41 Å². The molecule has 0 aromatic carbocycles. The minimum Gasteiger partial charge on any atom is -0.392 e. The van der Waals surface area contributed by atoms with Crippen LogP contribution >= 0.6 is 0 Å². The number of nitrogens with one attached hydrogen (secondary N) is 2. The number of aliphatic hydroxyl groups is 1. The zero-order valence-electron chi connectivity index (χ0n) is 12.8. The zero-order valence-corrected chi connectivity index (χ0v) is 12.8. The van der Waals surface area contributed by atoms with Crippen LogP contribution in [0.3, 0.4) is 0 Å². The second-order valence-electron chi connectivity index (χ2n) is 5.09. The summed E-state index contributed by atoms with van der Waals surface area (Å²) < 4.78 is 0. The van der Waals surface area contributed by atoms with Gasteiger partial charge in [-0.3, -0.25) is 4.79 Å². The largest absolute Gasteiger partial charge is 0.392 e. The molecule has 0 aliphatic carbocycles. The van der Waals surface area contributed by atoms with Crippen LogP contribution < -0.4 is 0 Å². The average molecular weight is 276 g/mol. The van der Waals surface area contributed by atoms with Crippen LogP contribution in [0.1, 0.15) is 34.6 Å². The third kappa shape index (κ3) is 5.05. The van der Waals surface area contributed by atoms with Crippen LogP contribution in [0, 0.1) is 16.2 Å². The van der Waals surface area contributed by atoms with Gasteiger partial charge >= 0.3 is 0 Å². The first-order chi connectivity index (χ1) is 9.12. The van der Waals surface area contributed by atoms with E-state index < -0.39 is 11.5 Å². The lowest BCUT2D eigenvalue weighted by molar-refractivity contribution is -0.113. The van der Waals surface area contributed by atoms with E-state index in [0.717, 1.165) is 0 Å². The highest BCUT2D eigenvalue weighted by Gasteiger charge is 2.29. The fourth-order valence-electron chi connectivity index (χ4n) is 1.56. The van der Waals surface area contributed by atoms with E-state index in [1.165, 1.54) is 6.92 Å². The lowest BCUT2D eigenvalue weighted by atomic mass is 9.80. The first-order valence-electron chi connectivity index (χ1n) is 6.49. The van der Waals surface area contributed by atoms with E-state index in [9.17, 15) is 9.90 Å². The van der Waals surface area contributed by atoms with Gasteiger partial charge in [-0.15, -0.1) is 0 Å². The smallest absolute Gasteiger partial charge is 0.161 e. The quantitative estimate of drug-likeness (QED) is 0.379. The molecule has 0 saturated carbocycles. The molecule has 0 rings (SSSR count). The number of aliphatic hydroxyl groups excluding tert-OH is 1. The van der Waals surface area contributed by atoms with Crippen LogP contribution in [-0.4, -0.2) is 28.4 Å². The van der Waals surface area contributed by atoms with Crippen molar-refractivity contribution in [1.82, 2.24) is 0 Å². The molecule has 0 aromatic heterocycles. The normalized spacial score (nSPS) is 17.2. The van der Waals surface area contributed by atoms with Gasteiger partial charge < -0.3 is 15.9 Å². The summed E-state index contributed by atoms with van der Waals surface area (Å²) in [6, 6.07) is 0. The van der Waals surface area contributed by atoms with Gasteiger partial charge in [0, 0.05) is 22.4 Å². The third-order valence-corrected chi connectivity index (χ3v) is 3.39. The molecular weight excluding hydrogens is 252 g/mol. The Morgan fingerprint density at radius 3 is 2.05 bits per heavy atom. The molecule has 0 amide bonds. The number of Topliss-reactive ketones (excluding diaryl/α,β-unsaturated/α-hetero) is 1. The van der Waals surface area contributed by atoms with E-state index in [-0.39, 0.29) is 11.5 Å². The number of rotatable bonds is 7. The molecule has 0 aromatic rings. The van der Waals surface area contributed by atoms with Gasteiger partial charge in [0.05, 0.1) is 6.10 Å². The number of carbonyl (C=O) groups excluding carboxylic acids is 1. The predicted octanol–water partition coefficient (Wildman–Crippen LogP) is 3.08. The Bertz CT molecular complexity index is 469. The number of carbonyl (C=O) groups is 1. The summed E-state index contributed by atoms with van der Waals surface area (Å²) in [5.41, 5.74) is 0.286. The van der Waals surface area contributed by atoms with Gasteiger partial charge in [-0.2, -0.15) is 0 Å². The Morgan fingerprint density at radius 1 is 1.15 bits per heavy atom. The minimum absolute atomic E-state index is 0.143. The van der Waals surface area contributed by atoms with Gasteiger partial charge in [-0.1, -0.05) is 24.3 Å². The van der Waals surface area contributed by atoms with Crippen molar-refractivity contribution in [3.8, 4) is 0 Å². The van der Waals surface area contributed by atoms with E-state index >= 15 is 0 Å². The van der Waals surface area contributed by atoms with Crippen LogP contribution in [-0.2, 0) is 4.79 Å². The lowest BCUT2D eigenvalue weighted by Gasteiger charge is -2.28. The van der Waals surface area contributed by atoms with Crippen LogP contribution in [0.25, 0.3) is 0 Å². The molecule has 3 N–H and O–H groups in total. The predicted molar refractivity (Wildman–Crippen MR) is 83.6 cm³/mol. The number of hydrogen-bond acceptors (Lipinski definition) is 4. The summed E-state index contributed by atoms with van der Waals surface area (Å²) in [5.74, 6) is -0.143. The Balaban J connectivity index is 5.01. The Labute approximate surface area is 120 Å². The van der Waals surface area contributed by atoms with Crippen LogP contribution in [0.5, 0.6) is 0 Å². The molecule has 20 heavy (non-hydrogen) atoms. The lowest BCUT2D eigenvalue weighted by Crippen LogP contribution is -2.34. The Morgan fingerprint density at radius 2 is 1.70 bits per heavy atom. The molecule has 4 heteroatoms. The van der Waals surface area contributed by atoms with Crippen molar-refractivity contribution < 1.29 is 9.90 Å². The molecule has 4 nitrogen and oxygen atoms in total. The molecule has 0 radical (unpaired) electrons. The molecule has 0 aliphatic rings. The van der Waals surface area contributed by atoms with Gasteiger partial charge in [-0.25, -0.2) is 0 Å². The van der Waals surface area contributed by atoms with Crippen molar-refractivity contribution >= 4 is 17.2 Å². The summed E-state index contributed by atoms with van der Waals surface area (Å²) in [6.07, 6.45) is 7.82. The van der Waals surface area contributed by atoms with Gasteiger partial charge in [-0.05, 0) is 40.7 Å². The van der Waals surface area contributed by atoms with E-state index in [4.69, 9.17) is 10.8 Å². The summed E-state index contributed by atoms with van der Waals surface area (Å²) in [5, 5.41) is 24.9. The van der Waals surface area contributed by atoms with Gasteiger partial charge in [0.25, 0.3) is 0 Å². The second-order valence-corrected chi connectivity index (χ2v) is 5.09. The first-order valence-corrected chi connectivity index (χ1v) is 6.49. The fraction of sp³-hybridized carbons (Fsp3) is 0.438. The topological polar surface area (TPSA) is 85.0 Å². The van der Waals surface area contributed by atoms with Gasteiger partial charge in [0.1, 0.15) is 0 Å². The molecule has 0 aliphatic heterocycles. The van der Waals surface area contributed by atoms with E-state index in [1.807, 2.05) is 0 Å². The molecule has 2 unspecified atom stereocenters. The highest BCUT2D eigenvalue weighted by Crippen LogP contribution is 2.24. The van der Waals surface area contributed by atoms with Crippen molar-refractivity contribution in [2.75, 3.05) is 0 Å². The maximum Gasteiger partial charge on any atom is 0.161 e. The van der Waals surface area contributed by atoms with Gasteiger partial charge in [0.15, 0.2) is 5.78 Å². The highest BCUT2D eigenvalue weighted by molar-refractivity contribution is 6.19. The standard InChI is InChI=1S/C16H24N2O2/c1-11(17)15(12(2)19)9-7-6-8-10-16(5,13(3)18)14(4)20/h6-10,14,17-18,20H,1-5H3/b7-6-,10-8-,15-9-,17-11?,18-13?. The third-order valence-electron chi connectivity index (χ3n) is 3.39. The van der Waals surface area contributed by atoms with Gasteiger partial charge in [0.2, 0.25) is 0 Å². The molecule has 110 valence electrons. The molecular formula is C16H24N2O2. The maximum absolute atomic E-state index is 11.3. The summed E-state index contributed by atoms with van der Waals surface area (Å²) >= 11 is 0. The molecule has 0 spiro atoms. The maximum atomic E-state index is 11.3. The summed E-state index contributed by atoms with van der Waals surface area (Å²) in [4.78, 5) is 11.3. The van der Waals surface area contributed by atoms with Crippen molar-refractivity contribution in [2.45, 2.75) is 40.7 Å². The Kier molecular flexibility index (Phi) is 7.00. The summed E-state index contributed by atoms with van der Waals surface area (Å²) in [7, 11) is 0. The molecule has 0 fully saturated rings. The average Bonchev–Trinajstić information content (AvgIpc) is 2.31. The molecule has 2 atom stereocenters. The molecule has 0 saturated heterocycles. The van der Waals surface area contributed by atoms with E-state index in [1.54, 1.807) is 58.1 Å². The highest BCUT2D eigenvalue weighted by atomic mass is 16.3. The summed E-state index contributed by atoms with van der Waals surface area (Å²) in [6.45, 7) is 8.10. The minimum atomic E-state index is -0.699. The molecule has 0 bridgehead atoms. The SMILES string of the molecule is CC(=N)/C(=C/C=C\C=C/C(C)(C(C)=N)C(C)O)C(C)=O. The van der Waals surface area contributed by atoms with Crippen molar-refractivity contribution in [3.63, 3.8) is 0 Å². The van der Waals surface area contributed by atoms with E-state index in [0.29, 0.717) is 11.3 Å². The van der Waals surface area contributed by atoms with Crippen LogP contribution in [0.2, 0.25) is 0 Å². The number of allylic oxidation sites excluding steroid dienone is 5. The van der Waals surface area contributed by atoms with Crippen molar-refractivity contribution in [1.29, 1.82) is 10.8 Å². The Hall–Kier alpha value is -1.81. The van der Waals surface area contributed by atoms with Crippen LogP contribution in [0.15, 0.2) is 36.0 Å². The number of ketones is 1. The zero-order chi connectivity index (χ0) is 15.9. The van der Waals surface area contributed by atoms with Crippen LogP contribution in [0.4, 0.5) is 0 Å². The second kappa shape index (κ2) is 7.70. The monoisotopic (exact) mass is 276 g/mol. The van der Waals surface area contributed by atoms with E-state index in [2.05, 4.69) is 0 Å². The number of hydrogen-bond donors (Lipinski definition) is 3. The fourth-order valence-corrected chi connectivity index (χ4v) is 1.56.